The van der Waals surface area contributed by atoms with Crippen molar-refractivity contribution in [1.82, 2.24) is 10.2 Å². The fraction of sp³-hybridized carbons (Fsp3) is 0.550. The topological polar surface area (TPSA) is 78.5 Å². The predicted octanol–water partition coefficient (Wildman–Crippen LogP) is 2.15. The second-order valence-electron chi connectivity index (χ2n) is 7.76. The van der Waals surface area contributed by atoms with E-state index < -0.39 is 0 Å². The number of anilines is 1. The van der Waals surface area contributed by atoms with Gasteiger partial charge in [0, 0.05) is 24.7 Å². The lowest BCUT2D eigenvalue weighted by molar-refractivity contribution is -0.130. The van der Waals surface area contributed by atoms with Gasteiger partial charge in [0.15, 0.2) is 0 Å². The minimum atomic E-state index is -0.261. The van der Waals surface area contributed by atoms with Crippen LogP contribution >= 0.6 is 0 Å². The number of benzene rings is 1. The Kier molecular flexibility index (Phi) is 4.42. The first-order valence-corrected chi connectivity index (χ1v) is 9.54. The second kappa shape index (κ2) is 6.74. The lowest BCUT2D eigenvalue weighted by Gasteiger charge is -2.24. The maximum absolute atomic E-state index is 12.7. The van der Waals surface area contributed by atoms with Crippen molar-refractivity contribution in [2.75, 3.05) is 11.9 Å². The lowest BCUT2D eigenvalue weighted by atomic mass is 10.0. The first-order valence-electron chi connectivity index (χ1n) is 9.54. The van der Waals surface area contributed by atoms with Gasteiger partial charge in [0.05, 0.1) is 18.4 Å². The lowest BCUT2D eigenvalue weighted by Crippen LogP contribution is -2.37. The van der Waals surface area contributed by atoms with Crippen LogP contribution in [-0.4, -0.2) is 35.2 Å². The van der Waals surface area contributed by atoms with Gasteiger partial charge in [-0.05, 0) is 37.0 Å². The van der Waals surface area contributed by atoms with Crippen LogP contribution < -0.4 is 10.6 Å². The highest BCUT2D eigenvalue weighted by molar-refractivity contribution is 5.99. The minimum Gasteiger partial charge on any atom is -0.349 e. The number of likely N-dealkylation sites (tertiary alicyclic amines) is 1. The van der Waals surface area contributed by atoms with Crippen LogP contribution in [0.1, 0.15) is 56.2 Å². The summed E-state index contributed by atoms with van der Waals surface area (Å²) in [5.41, 5.74) is 2.80. The Morgan fingerprint density at radius 2 is 2.04 bits per heavy atom. The number of carbonyl (C=O) groups excluding carboxylic acids is 3. The average Bonchev–Trinajstić information content (AvgIpc) is 3.32. The molecule has 6 nitrogen and oxygen atoms in total. The second-order valence-corrected chi connectivity index (χ2v) is 7.76. The van der Waals surface area contributed by atoms with Crippen LogP contribution in [0, 0.1) is 5.92 Å². The maximum Gasteiger partial charge on any atom is 0.228 e. The number of carbonyl (C=O) groups is 3. The Bertz CT molecular complexity index is 755. The van der Waals surface area contributed by atoms with Crippen LogP contribution in [0.2, 0.25) is 0 Å². The molecule has 3 amide bonds. The Morgan fingerprint density at radius 3 is 2.81 bits per heavy atom. The van der Waals surface area contributed by atoms with E-state index in [2.05, 4.69) is 10.6 Å². The van der Waals surface area contributed by atoms with E-state index in [1.54, 1.807) is 0 Å². The van der Waals surface area contributed by atoms with Crippen LogP contribution in [0.25, 0.3) is 0 Å². The molecular formula is C20H25N3O3. The van der Waals surface area contributed by atoms with Gasteiger partial charge in [0.25, 0.3) is 0 Å². The Balaban J connectivity index is 1.38. The van der Waals surface area contributed by atoms with Crippen molar-refractivity contribution in [3.63, 3.8) is 0 Å². The number of hydrogen-bond acceptors (Lipinski definition) is 3. The van der Waals surface area contributed by atoms with Gasteiger partial charge in [-0.1, -0.05) is 25.0 Å². The zero-order valence-electron chi connectivity index (χ0n) is 15.1. The average molecular weight is 355 g/mol. The molecule has 0 radical (unpaired) electrons. The monoisotopic (exact) mass is 355 g/mol. The summed E-state index contributed by atoms with van der Waals surface area (Å²) in [6.45, 7) is 2.49. The molecule has 0 bridgehead atoms. The van der Waals surface area contributed by atoms with E-state index in [-0.39, 0.29) is 29.7 Å². The van der Waals surface area contributed by atoms with Crippen LogP contribution in [0.15, 0.2) is 18.2 Å². The number of nitrogens with one attached hydrogen (secondary N) is 2. The zero-order valence-corrected chi connectivity index (χ0v) is 15.1. The summed E-state index contributed by atoms with van der Waals surface area (Å²) in [6.07, 6.45) is 5.20. The normalized spacial score (nSPS) is 23.9. The third-order valence-electron chi connectivity index (χ3n) is 5.91. The molecule has 26 heavy (non-hydrogen) atoms. The molecule has 0 aromatic heterocycles. The van der Waals surface area contributed by atoms with Crippen molar-refractivity contribution in [1.29, 1.82) is 0 Å². The van der Waals surface area contributed by atoms with E-state index in [9.17, 15) is 14.4 Å². The maximum atomic E-state index is 12.7. The third-order valence-corrected chi connectivity index (χ3v) is 5.91. The molecule has 1 aliphatic carbocycles. The first-order chi connectivity index (χ1) is 12.5. The summed E-state index contributed by atoms with van der Waals surface area (Å²) in [5, 5.41) is 5.87. The molecule has 0 unspecified atom stereocenters. The van der Waals surface area contributed by atoms with E-state index in [0.29, 0.717) is 25.4 Å². The van der Waals surface area contributed by atoms with E-state index in [0.717, 1.165) is 29.7 Å². The Hall–Kier alpha value is -2.37. The molecule has 2 aliphatic heterocycles. The summed E-state index contributed by atoms with van der Waals surface area (Å²) in [7, 11) is 0. The fourth-order valence-corrected chi connectivity index (χ4v) is 4.41. The summed E-state index contributed by atoms with van der Waals surface area (Å²) >= 11 is 0. The number of rotatable bonds is 4. The highest BCUT2D eigenvalue weighted by Gasteiger charge is 2.38. The summed E-state index contributed by atoms with van der Waals surface area (Å²) in [4.78, 5) is 38.4. The SMILES string of the molecule is C[C@@H](NC(=O)[C@@H]1CC(=O)N(C2CCCC2)C1)c1ccc2c(c1)CC(=O)N2. The fourth-order valence-electron chi connectivity index (χ4n) is 4.41. The van der Waals surface area contributed by atoms with Gasteiger partial charge in [-0.25, -0.2) is 0 Å². The molecule has 1 aromatic carbocycles. The van der Waals surface area contributed by atoms with Gasteiger partial charge >= 0.3 is 0 Å². The van der Waals surface area contributed by atoms with Gasteiger partial charge in [-0.2, -0.15) is 0 Å². The van der Waals surface area contributed by atoms with E-state index in [1.807, 2.05) is 30.0 Å². The van der Waals surface area contributed by atoms with Gasteiger partial charge < -0.3 is 15.5 Å². The van der Waals surface area contributed by atoms with Crippen LogP contribution in [-0.2, 0) is 20.8 Å². The van der Waals surface area contributed by atoms with Crippen LogP contribution in [0.5, 0.6) is 0 Å². The molecule has 3 aliphatic rings. The number of hydrogen-bond donors (Lipinski definition) is 2. The van der Waals surface area contributed by atoms with Crippen molar-refractivity contribution < 1.29 is 14.4 Å². The quantitative estimate of drug-likeness (QED) is 0.869. The van der Waals surface area contributed by atoms with Gasteiger partial charge in [-0.15, -0.1) is 0 Å². The van der Waals surface area contributed by atoms with Crippen molar-refractivity contribution in [2.24, 2.45) is 5.92 Å². The van der Waals surface area contributed by atoms with Crippen LogP contribution in [0.4, 0.5) is 5.69 Å². The largest absolute Gasteiger partial charge is 0.349 e. The van der Waals surface area contributed by atoms with Crippen LogP contribution in [0.3, 0.4) is 0 Å². The number of amides is 3. The van der Waals surface area contributed by atoms with Crippen molar-refractivity contribution in [3.05, 3.63) is 29.3 Å². The van der Waals surface area contributed by atoms with Crippen molar-refractivity contribution in [2.45, 2.75) is 57.5 Å². The zero-order chi connectivity index (χ0) is 18.3. The standard InChI is InChI=1S/C20H25N3O3/c1-12(13-6-7-17-14(8-13)9-18(24)22-17)21-20(26)15-10-19(25)23(11-15)16-4-2-3-5-16/h6-8,12,15-16H,2-5,9-11H2,1H3,(H,21,26)(H,22,24)/t12-,15-/m1/s1. The van der Waals surface area contributed by atoms with Gasteiger partial charge in [-0.3, -0.25) is 14.4 Å². The molecular weight excluding hydrogens is 330 g/mol. The van der Waals surface area contributed by atoms with E-state index >= 15 is 0 Å². The molecule has 1 aromatic rings. The molecule has 1 saturated carbocycles. The highest BCUT2D eigenvalue weighted by Crippen LogP contribution is 2.30. The predicted molar refractivity (Wildman–Crippen MR) is 97.4 cm³/mol. The molecule has 2 N–H and O–H groups in total. The molecule has 138 valence electrons. The highest BCUT2D eigenvalue weighted by atomic mass is 16.2. The molecule has 2 fully saturated rings. The van der Waals surface area contributed by atoms with Gasteiger partial charge in [0.2, 0.25) is 17.7 Å². The molecule has 2 heterocycles. The Labute approximate surface area is 153 Å². The third kappa shape index (κ3) is 3.20. The molecule has 1 saturated heterocycles. The summed E-state index contributed by atoms with van der Waals surface area (Å²) < 4.78 is 0. The van der Waals surface area contributed by atoms with E-state index in [4.69, 9.17) is 0 Å². The number of fused-ring (bicyclic) bond motifs is 1. The molecule has 0 spiro atoms. The van der Waals surface area contributed by atoms with Crippen molar-refractivity contribution >= 4 is 23.4 Å². The van der Waals surface area contributed by atoms with Crippen molar-refractivity contribution in [3.8, 4) is 0 Å². The first kappa shape index (κ1) is 17.1. The smallest absolute Gasteiger partial charge is 0.228 e. The van der Waals surface area contributed by atoms with E-state index in [1.165, 1.54) is 12.8 Å². The minimum absolute atomic E-state index is 0.00492. The summed E-state index contributed by atoms with van der Waals surface area (Å²) in [6, 6.07) is 5.97. The number of nitrogens with zero attached hydrogens (tertiary/aromatic N) is 1. The van der Waals surface area contributed by atoms with Gasteiger partial charge in [0.1, 0.15) is 0 Å². The molecule has 6 heteroatoms. The Morgan fingerprint density at radius 1 is 1.27 bits per heavy atom. The molecule has 4 rings (SSSR count). The molecule has 2 atom stereocenters. The summed E-state index contributed by atoms with van der Waals surface area (Å²) in [5.74, 6) is -0.193.